The summed E-state index contributed by atoms with van der Waals surface area (Å²) in [6.45, 7) is 10.5. The molecule has 0 aromatic heterocycles. The van der Waals surface area contributed by atoms with Crippen molar-refractivity contribution in [3.05, 3.63) is 0 Å². The molecule has 94 valence electrons. The topological polar surface area (TPSA) is 32.7 Å². The molecule has 2 bridgehead atoms. The zero-order valence-electron chi connectivity index (χ0n) is 10.8. The third-order valence-corrected chi connectivity index (χ3v) is 4.89. The van der Waals surface area contributed by atoms with Crippen molar-refractivity contribution in [2.75, 3.05) is 26.2 Å². The number of piperidine rings is 3. The van der Waals surface area contributed by atoms with E-state index in [2.05, 4.69) is 24.5 Å². The van der Waals surface area contributed by atoms with Crippen LogP contribution in [0.4, 0.5) is 0 Å². The summed E-state index contributed by atoms with van der Waals surface area (Å²) in [5.74, 6) is 0.677. The summed E-state index contributed by atoms with van der Waals surface area (Å²) < 4.78 is 6.48. The minimum atomic E-state index is -1.53. The predicted octanol–water partition coefficient (Wildman–Crippen LogP) is 1.68. The lowest BCUT2D eigenvalue weighted by Gasteiger charge is -2.55. The SMILES string of the molecule is C[Si](C)(C)OC1(CCO)CN2CCC1CC2. The van der Waals surface area contributed by atoms with Crippen LogP contribution in [0.1, 0.15) is 19.3 Å². The van der Waals surface area contributed by atoms with Crippen LogP contribution in [0.3, 0.4) is 0 Å². The van der Waals surface area contributed by atoms with Crippen LogP contribution < -0.4 is 0 Å². The summed E-state index contributed by atoms with van der Waals surface area (Å²) >= 11 is 0. The molecule has 1 atom stereocenters. The van der Waals surface area contributed by atoms with Crippen LogP contribution in [0.5, 0.6) is 0 Å². The Balaban J connectivity index is 2.15. The number of rotatable bonds is 4. The second-order valence-corrected chi connectivity index (χ2v) is 10.7. The molecule has 0 radical (unpaired) electrons. The highest BCUT2D eigenvalue weighted by atomic mass is 28.4. The van der Waals surface area contributed by atoms with Gasteiger partial charge in [0.05, 0.1) is 5.60 Å². The van der Waals surface area contributed by atoms with E-state index in [1.807, 2.05) is 0 Å². The number of hydrogen-bond donors (Lipinski definition) is 1. The van der Waals surface area contributed by atoms with Gasteiger partial charge in [-0.05, 0) is 57.9 Å². The summed E-state index contributed by atoms with van der Waals surface area (Å²) in [5.41, 5.74) is -0.0320. The first-order valence-electron chi connectivity index (χ1n) is 6.49. The van der Waals surface area contributed by atoms with Gasteiger partial charge in [-0.3, -0.25) is 0 Å². The molecule has 3 rings (SSSR count). The van der Waals surface area contributed by atoms with Crippen molar-refractivity contribution in [1.29, 1.82) is 0 Å². The molecule has 0 aliphatic carbocycles. The molecular weight excluding hydrogens is 218 g/mol. The fourth-order valence-electron chi connectivity index (χ4n) is 3.37. The first-order chi connectivity index (χ1) is 7.45. The van der Waals surface area contributed by atoms with Gasteiger partial charge in [-0.2, -0.15) is 0 Å². The van der Waals surface area contributed by atoms with Gasteiger partial charge in [0, 0.05) is 13.2 Å². The third kappa shape index (κ3) is 2.50. The first kappa shape index (κ1) is 12.6. The molecule has 0 aromatic rings. The fraction of sp³-hybridized carbons (Fsp3) is 1.00. The zero-order valence-corrected chi connectivity index (χ0v) is 11.8. The molecular formula is C12H25NO2Si. The van der Waals surface area contributed by atoms with E-state index in [0.717, 1.165) is 13.0 Å². The van der Waals surface area contributed by atoms with Crippen molar-refractivity contribution in [3.63, 3.8) is 0 Å². The lowest BCUT2D eigenvalue weighted by Crippen LogP contribution is -2.63. The molecule has 1 unspecified atom stereocenters. The molecule has 16 heavy (non-hydrogen) atoms. The van der Waals surface area contributed by atoms with Crippen molar-refractivity contribution < 1.29 is 9.53 Å². The van der Waals surface area contributed by atoms with E-state index in [0.29, 0.717) is 5.92 Å². The van der Waals surface area contributed by atoms with E-state index in [9.17, 15) is 5.11 Å². The highest BCUT2D eigenvalue weighted by Gasteiger charge is 2.48. The van der Waals surface area contributed by atoms with Gasteiger partial charge in [-0.25, -0.2) is 0 Å². The van der Waals surface area contributed by atoms with Crippen molar-refractivity contribution in [2.24, 2.45) is 5.92 Å². The first-order valence-corrected chi connectivity index (χ1v) is 9.89. The molecule has 3 aliphatic heterocycles. The van der Waals surface area contributed by atoms with Gasteiger partial charge in [0.15, 0.2) is 8.32 Å². The summed E-state index contributed by atoms with van der Waals surface area (Å²) in [7, 11) is -1.53. The minimum absolute atomic E-state index is 0.0320. The van der Waals surface area contributed by atoms with E-state index >= 15 is 0 Å². The van der Waals surface area contributed by atoms with Crippen molar-refractivity contribution in [3.8, 4) is 0 Å². The summed E-state index contributed by atoms with van der Waals surface area (Å²) in [6.07, 6.45) is 3.33. The van der Waals surface area contributed by atoms with Crippen LogP contribution in [-0.2, 0) is 4.43 Å². The number of nitrogens with zero attached hydrogens (tertiary/aromatic N) is 1. The molecule has 3 saturated heterocycles. The molecule has 1 N–H and O–H groups in total. The maximum Gasteiger partial charge on any atom is 0.184 e. The maximum absolute atomic E-state index is 9.33. The Labute approximate surface area is 99.9 Å². The van der Waals surface area contributed by atoms with E-state index in [1.165, 1.54) is 25.9 Å². The highest BCUT2D eigenvalue weighted by Crippen LogP contribution is 2.41. The Morgan fingerprint density at radius 1 is 1.31 bits per heavy atom. The average Bonchev–Trinajstić information content (AvgIpc) is 2.16. The van der Waals surface area contributed by atoms with Crippen LogP contribution >= 0.6 is 0 Å². The molecule has 3 heterocycles. The van der Waals surface area contributed by atoms with Crippen molar-refractivity contribution in [2.45, 2.75) is 44.5 Å². The Kier molecular flexibility index (Phi) is 3.46. The average molecular weight is 243 g/mol. The molecule has 3 aliphatic rings. The Hall–Kier alpha value is 0.0969. The molecule has 0 aromatic carbocycles. The van der Waals surface area contributed by atoms with E-state index in [1.54, 1.807) is 0 Å². The van der Waals surface area contributed by atoms with Crippen molar-refractivity contribution in [1.82, 2.24) is 4.90 Å². The molecule has 4 heteroatoms. The zero-order chi connectivity index (χ0) is 11.8. The third-order valence-electron chi connectivity index (χ3n) is 3.87. The molecule has 0 amide bonds. The predicted molar refractivity (Wildman–Crippen MR) is 68.0 cm³/mol. The molecule has 3 fully saturated rings. The van der Waals surface area contributed by atoms with Crippen LogP contribution in [-0.4, -0.2) is 50.2 Å². The van der Waals surface area contributed by atoms with Gasteiger partial charge in [-0.1, -0.05) is 0 Å². The van der Waals surface area contributed by atoms with Crippen LogP contribution in [0.15, 0.2) is 0 Å². The van der Waals surface area contributed by atoms with E-state index in [4.69, 9.17) is 4.43 Å². The Bertz CT molecular complexity index is 246. The second kappa shape index (κ2) is 4.41. The lowest BCUT2D eigenvalue weighted by atomic mass is 9.74. The van der Waals surface area contributed by atoms with Gasteiger partial charge in [-0.15, -0.1) is 0 Å². The lowest BCUT2D eigenvalue weighted by molar-refractivity contribution is -0.109. The number of hydrogen-bond acceptors (Lipinski definition) is 3. The van der Waals surface area contributed by atoms with Gasteiger partial charge in [0.2, 0.25) is 0 Å². The van der Waals surface area contributed by atoms with Crippen molar-refractivity contribution >= 4 is 8.32 Å². The monoisotopic (exact) mass is 243 g/mol. The smallest absolute Gasteiger partial charge is 0.184 e. The molecule has 0 saturated carbocycles. The molecule has 3 nitrogen and oxygen atoms in total. The summed E-state index contributed by atoms with van der Waals surface area (Å²) in [5, 5.41) is 9.33. The minimum Gasteiger partial charge on any atom is -0.410 e. The van der Waals surface area contributed by atoms with Gasteiger partial charge in [0.25, 0.3) is 0 Å². The number of aliphatic hydroxyl groups is 1. The van der Waals surface area contributed by atoms with Gasteiger partial charge < -0.3 is 14.4 Å². The highest BCUT2D eigenvalue weighted by molar-refractivity contribution is 6.69. The summed E-state index contributed by atoms with van der Waals surface area (Å²) in [4.78, 5) is 2.51. The van der Waals surface area contributed by atoms with E-state index in [-0.39, 0.29) is 12.2 Å². The fourth-order valence-corrected chi connectivity index (χ4v) is 4.93. The van der Waals surface area contributed by atoms with Crippen LogP contribution in [0, 0.1) is 5.92 Å². The Morgan fingerprint density at radius 2 is 1.94 bits per heavy atom. The van der Waals surface area contributed by atoms with Crippen LogP contribution in [0.2, 0.25) is 19.6 Å². The second-order valence-electron chi connectivity index (χ2n) is 6.30. The van der Waals surface area contributed by atoms with Crippen LogP contribution in [0.25, 0.3) is 0 Å². The quantitative estimate of drug-likeness (QED) is 0.763. The number of aliphatic hydroxyl groups excluding tert-OH is 1. The largest absolute Gasteiger partial charge is 0.410 e. The van der Waals surface area contributed by atoms with Gasteiger partial charge in [0.1, 0.15) is 0 Å². The molecule has 0 spiro atoms. The van der Waals surface area contributed by atoms with E-state index < -0.39 is 8.32 Å². The normalized spacial score (nSPS) is 39.0. The standard InChI is InChI=1S/C12H25NO2Si/c1-16(2,3)15-12(6-9-14)10-13-7-4-11(12)5-8-13/h11,14H,4-10H2,1-3H3. The Morgan fingerprint density at radius 3 is 2.31 bits per heavy atom. The maximum atomic E-state index is 9.33. The van der Waals surface area contributed by atoms with Gasteiger partial charge >= 0.3 is 0 Å². The number of fused-ring (bicyclic) bond motifs is 3. The summed E-state index contributed by atoms with van der Waals surface area (Å²) in [6, 6.07) is 0.